The Morgan fingerprint density at radius 3 is 2.78 bits per heavy atom. The average molecular weight is 497 g/mol. The van der Waals surface area contributed by atoms with Gasteiger partial charge in [-0.15, -0.1) is 0 Å². The number of carbonyl (C=O) groups is 2. The van der Waals surface area contributed by atoms with Crippen LogP contribution in [0.5, 0.6) is 0 Å². The zero-order valence-electron chi connectivity index (χ0n) is 21.0. The van der Waals surface area contributed by atoms with Crippen molar-refractivity contribution in [3.8, 4) is 0 Å². The molecule has 36 heavy (non-hydrogen) atoms. The zero-order valence-corrected chi connectivity index (χ0v) is 21.0. The maximum Gasteiger partial charge on any atom is 0.410 e. The molecule has 1 atom stereocenters. The number of aromatic nitrogens is 2. The van der Waals surface area contributed by atoms with Crippen molar-refractivity contribution in [2.24, 2.45) is 0 Å². The number of hydrogen-bond acceptors (Lipinski definition) is 7. The first-order chi connectivity index (χ1) is 17.1. The molecule has 1 saturated heterocycles. The number of amides is 2. The van der Waals surface area contributed by atoms with Crippen molar-refractivity contribution in [2.75, 3.05) is 30.3 Å². The molecule has 2 amide bonds. The van der Waals surface area contributed by atoms with Crippen LogP contribution in [0.15, 0.2) is 37.1 Å². The predicted octanol–water partition coefficient (Wildman–Crippen LogP) is 4.24. The molecule has 0 unspecified atom stereocenters. The summed E-state index contributed by atoms with van der Waals surface area (Å²) in [6, 6.07) is 5.76. The summed E-state index contributed by atoms with van der Waals surface area (Å²) in [5, 5.41) is 6.25. The highest BCUT2D eigenvalue weighted by Gasteiger charge is 2.26. The molecule has 1 aromatic carbocycles. The highest BCUT2D eigenvalue weighted by Crippen LogP contribution is 2.26. The number of nitrogens with zero attached hydrogens (tertiary/aromatic N) is 4. The first-order valence-corrected chi connectivity index (χ1v) is 12.2. The third kappa shape index (κ3) is 6.30. The normalized spacial score (nSPS) is 17.7. The Bertz CT molecular complexity index is 1150. The van der Waals surface area contributed by atoms with Gasteiger partial charge in [0.1, 0.15) is 5.60 Å². The molecule has 9 nitrogen and oxygen atoms in total. The maximum atomic E-state index is 14.5. The van der Waals surface area contributed by atoms with E-state index in [4.69, 9.17) is 4.74 Å². The number of rotatable bonds is 5. The fourth-order valence-electron chi connectivity index (χ4n) is 4.39. The van der Waals surface area contributed by atoms with E-state index in [2.05, 4.69) is 27.2 Å². The number of hydrogen-bond donors (Lipinski definition) is 2. The highest BCUT2D eigenvalue weighted by molar-refractivity contribution is 5.87. The third-order valence-corrected chi connectivity index (χ3v) is 6.12. The molecule has 2 aliphatic heterocycles. The van der Waals surface area contributed by atoms with Crippen molar-refractivity contribution < 1.29 is 18.7 Å². The summed E-state index contributed by atoms with van der Waals surface area (Å²) in [6.45, 7) is 11.2. The van der Waals surface area contributed by atoms with Crippen LogP contribution in [0.3, 0.4) is 0 Å². The number of ether oxygens (including phenoxy) is 1. The van der Waals surface area contributed by atoms with E-state index >= 15 is 0 Å². The fraction of sp³-hybridized carbons (Fsp3) is 0.462. The summed E-state index contributed by atoms with van der Waals surface area (Å²) in [5.74, 6) is -0.372. The molecule has 0 saturated carbocycles. The van der Waals surface area contributed by atoms with Crippen molar-refractivity contribution in [3.63, 3.8) is 0 Å². The number of anilines is 3. The molecule has 4 rings (SSSR count). The Hall–Kier alpha value is -3.69. The number of likely N-dealkylation sites (tertiary alicyclic amines) is 1. The Morgan fingerprint density at radius 1 is 1.22 bits per heavy atom. The topological polar surface area (TPSA) is 99.7 Å². The first-order valence-electron chi connectivity index (χ1n) is 12.2. The van der Waals surface area contributed by atoms with Gasteiger partial charge in [0.25, 0.3) is 0 Å². The summed E-state index contributed by atoms with van der Waals surface area (Å²) in [4.78, 5) is 36.3. The molecule has 0 spiro atoms. The molecule has 0 bridgehead atoms. The lowest BCUT2D eigenvalue weighted by Crippen LogP contribution is -2.44. The van der Waals surface area contributed by atoms with E-state index in [0.717, 1.165) is 36.7 Å². The Balaban J connectivity index is 1.44. The summed E-state index contributed by atoms with van der Waals surface area (Å²) in [5.41, 5.74) is 2.35. The van der Waals surface area contributed by atoms with Gasteiger partial charge in [0.05, 0.1) is 6.20 Å². The van der Waals surface area contributed by atoms with Crippen LogP contribution in [0.1, 0.15) is 44.7 Å². The molecule has 2 aliphatic rings. The average Bonchev–Trinajstić information content (AvgIpc) is 2.84. The third-order valence-electron chi connectivity index (χ3n) is 6.12. The van der Waals surface area contributed by atoms with Crippen molar-refractivity contribution in [3.05, 3.63) is 54.0 Å². The van der Waals surface area contributed by atoms with Gasteiger partial charge in [0, 0.05) is 37.9 Å². The molecular formula is C26H33FN6O3. The van der Waals surface area contributed by atoms with Gasteiger partial charge in [-0.3, -0.25) is 4.79 Å². The Kier molecular flexibility index (Phi) is 7.42. The van der Waals surface area contributed by atoms with E-state index in [9.17, 15) is 14.0 Å². The van der Waals surface area contributed by atoms with E-state index in [1.165, 1.54) is 11.6 Å². The highest BCUT2D eigenvalue weighted by atomic mass is 19.1. The molecule has 10 heteroatoms. The van der Waals surface area contributed by atoms with Gasteiger partial charge >= 0.3 is 6.09 Å². The second-order valence-corrected chi connectivity index (χ2v) is 10.1. The van der Waals surface area contributed by atoms with Gasteiger partial charge in [-0.05, 0) is 69.4 Å². The van der Waals surface area contributed by atoms with Crippen molar-refractivity contribution in [2.45, 2.75) is 58.2 Å². The van der Waals surface area contributed by atoms with Gasteiger partial charge in [-0.25, -0.2) is 14.2 Å². The fourth-order valence-corrected chi connectivity index (χ4v) is 4.39. The molecule has 1 fully saturated rings. The van der Waals surface area contributed by atoms with Crippen LogP contribution in [0, 0.1) is 5.82 Å². The molecular weight excluding hydrogens is 463 g/mol. The van der Waals surface area contributed by atoms with Crippen LogP contribution in [0.25, 0.3) is 0 Å². The van der Waals surface area contributed by atoms with Crippen LogP contribution >= 0.6 is 0 Å². The maximum absolute atomic E-state index is 14.5. The lowest BCUT2D eigenvalue weighted by molar-refractivity contribution is -0.127. The standard InChI is InChI=1S/C26H33FN6O3/c1-5-22(34)32-11-6-7-20(16-32)29-23-21(27)14-28-24(31-23)30-19-9-8-17-10-12-33(15-18(17)13-19)25(35)36-26(2,3)4/h5,8-9,13-14,20H,1,6-7,10-12,15-16H2,2-4H3,(H2,28,29,30,31)/t20-/m1/s1. The molecule has 2 N–H and O–H groups in total. The molecule has 0 aliphatic carbocycles. The Morgan fingerprint density at radius 2 is 2.03 bits per heavy atom. The predicted molar refractivity (Wildman–Crippen MR) is 135 cm³/mol. The molecule has 0 radical (unpaired) electrons. The summed E-state index contributed by atoms with van der Waals surface area (Å²) in [6.07, 6.45) is 4.43. The van der Waals surface area contributed by atoms with E-state index in [1.54, 1.807) is 9.80 Å². The largest absolute Gasteiger partial charge is 0.444 e. The minimum Gasteiger partial charge on any atom is -0.444 e. The van der Waals surface area contributed by atoms with Gasteiger partial charge in [0.2, 0.25) is 11.9 Å². The smallest absolute Gasteiger partial charge is 0.410 e. The summed E-state index contributed by atoms with van der Waals surface area (Å²) >= 11 is 0. The first kappa shape index (κ1) is 25.4. The van der Waals surface area contributed by atoms with Gasteiger partial charge in [-0.2, -0.15) is 4.98 Å². The number of piperidine rings is 1. The second kappa shape index (κ2) is 10.5. The van der Waals surface area contributed by atoms with Crippen molar-refractivity contribution >= 4 is 29.5 Å². The lowest BCUT2D eigenvalue weighted by Gasteiger charge is -2.32. The van der Waals surface area contributed by atoms with Crippen LogP contribution in [-0.4, -0.2) is 63.0 Å². The second-order valence-electron chi connectivity index (χ2n) is 10.1. The van der Waals surface area contributed by atoms with Crippen LogP contribution in [0.2, 0.25) is 0 Å². The van der Waals surface area contributed by atoms with Gasteiger partial charge in [-0.1, -0.05) is 12.6 Å². The number of nitrogens with one attached hydrogen (secondary N) is 2. The van der Waals surface area contributed by atoms with E-state index in [1.807, 2.05) is 39.0 Å². The molecule has 192 valence electrons. The van der Waals surface area contributed by atoms with Crippen molar-refractivity contribution in [1.82, 2.24) is 19.8 Å². The van der Waals surface area contributed by atoms with Crippen LogP contribution in [-0.2, 0) is 22.5 Å². The van der Waals surface area contributed by atoms with Gasteiger partial charge in [0.15, 0.2) is 11.6 Å². The van der Waals surface area contributed by atoms with E-state index in [0.29, 0.717) is 26.2 Å². The number of halogens is 1. The van der Waals surface area contributed by atoms with E-state index in [-0.39, 0.29) is 29.8 Å². The summed E-state index contributed by atoms with van der Waals surface area (Å²) < 4.78 is 20.0. The van der Waals surface area contributed by atoms with Crippen molar-refractivity contribution in [1.29, 1.82) is 0 Å². The lowest BCUT2D eigenvalue weighted by atomic mass is 9.99. The number of carbonyl (C=O) groups excluding carboxylic acids is 2. The summed E-state index contributed by atoms with van der Waals surface area (Å²) in [7, 11) is 0. The van der Waals surface area contributed by atoms with Gasteiger partial charge < -0.3 is 25.2 Å². The molecule has 3 heterocycles. The molecule has 2 aromatic rings. The minimum absolute atomic E-state index is 0.0828. The number of benzene rings is 1. The Labute approximate surface area is 210 Å². The van der Waals surface area contributed by atoms with E-state index < -0.39 is 11.4 Å². The molecule has 1 aromatic heterocycles. The number of fused-ring (bicyclic) bond motifs is 1. The quantitative estimate of drug-likeness (QED) is 0.597. The van der Waals surface area contributed by atoms with Crippen LogP contribution < -0.4 is 10.6 Å². The zero-order chi connectivity index (χ0) is 25.9. The van der Waals surface area contributed by atoms with Crippen LogP contribution in [0.4, 0.5) is 26.6 Å². The SMILES string of the molecule is C=CC(=O)N1CCC[C@@H](Nc2nc(Nc3ccc4c(c3)CN(C(=O)OC(C)(C)C)CC4)ncc2F)C1. The minimum atomic E-state index is -0.564. The monoisotopic (exact) mass is 496 g/mol.